The maximum absolute atomic E-state index is 15.0. The van der Waals surface area contributed by atoms with Crippen LogP contribution >= 0.6 is 0 Å². The first-order valence-corrected chi connectivity index (χ1v) is 9.30. The fraction of sp³-hybridized carbons (Fsp3) is 0.474. The number of nitrogens with zero attached hydrogens (tertiary/aromatic N) is 2. The van der Waals surface area contributed by atoms with Crippen molar-refractivity contribution in [3.05, 3.63) is 34.4 Å². The number of hydrogen-bond acceptors (Lipinski definition) is 5. The number of pyridine rings is 1. The van der Waals surface area contributed by atoms with E-state index in [0.29, 0.717) is 17.2 Å². The number of halogens is 1. The van der Waals surface area contributed by atoms with Crippen molar-refractivity contribution in [1.82, 2.24) is 9.88 Å². The van der Waals surface area contributed by atoms with Gasteiger partial charge in [-0.2, -0.15) is 0 Å². The number of rotatable bonds is 3. The number of aromatic nitrogens is 1. The molecule has 0 spiro atoms. The summed E-state index contributed by atoms with van der Waals surface area (Å²) in [7, 11) is 0. The zero-order valence-corrected chi connectivity index (χ0v) is 14.7. The van der Waals surface area contributed by atoms with Crippen LogP contribution in [0.4, 0.5) is 14.9 Å². The highest BCUT2D eigenvalue weighted by molar-refractivity contribution is 5.85. The van der Waals surface area contributed by atoms with Gasteiger partial charge >= 0.3 is 6.16 Å². The lowest BCUT2D eigenvalue weighted by molar-refractivity contribution is 0.143. The molecule has 1 saturated carbocycles. The number of fused-ring (bicyclic) bond motifs is 4. The number of ether oxygens (including phenoxy) is 1. The highest BCUT2D eigenvalue weighted by atomic mass is 19.1. The molecule has 4 aliphatic rings. The fourth-order valence-electron chi connectivity index (χ4n) is 4.38. The Labute approximate surface area is 154 Å². The molecule has 8 heteroatoms. The van der Waals surface area contributed by atoms with E-state index in [1.165, 1.54) is 12.3 Å². The summed E-state index contributed by atoms with van der Waals surface area (Å²) in [6.45, 7) is 1.59. The smallest absolute Gasteiger partial charge is 0.449 e. The molecule has 3 aliphatic heterocycles. The Kier molecular flexibility index (Phi) is 3.65. The molecule has 2 aromatic rings. The lowest BCUT2D eigenvalue weighted by Crippen LogP contribution is -2.61. The van der Waals surface area contributed by atoms with E-state index in [4.69, 9.17) is 5.11 Å². The summed E-state index contributed by atoms with van der Waals surface area (Å²) in [5, 5.41) is 12.5. The van der Waals surface area contributed by atoms with Gasteiger partial charge in [-0.15, -0.1) is 0 Å². The lowest BCUT2D eigenvalue weighted by Gasteiger charge is -2.47. The van der Waals surface area contributed by atoms with E-state index >= 15 is 0 Å². The Hall–Kier alpha value is -2.61. The first-order valence-electron chi connectivity index (χ1n) is 9.30. The number of hydrogen-bond donors (Lipinski definition) is 2. The molecule has 4 fully saturated rings. The minimum atomic E-state index is -1.55. The highest BCUT2D eigenvalue weighted by Crippen LogP contribution is 2.39. The van der Waals surface area contributed by atoms with Crippen LogP contribution in [-0.4, -0.2) is 41.0 Å². The Morgan fingerprint density at radius 2 is 2.00 bits per heavy atom. The van der Waals surface area contributed by atoms with E-state index in [2.05, 4.69) is 15.0 Å². The quantitative estimate of drug-likeness (QED) is 0.805. The molecule has 0 radical (unpaired) electrons. The molecule has 2 bridgehead atoms. The summed E-state index contributed by atoms with van der Waals surface area (Å²) in [5.74, 6) is -0.739. The summed E-state index contributed by atoms with van der Waals surface area (Å²) in [6, 6.07) is 3.77. The molecule has 1 aromatic carbocycles. The predicted octanol–water partition coefficient (Wildman–Crippen LogP) is 2.47. The number of nitrogens with one attached hydrogen (secondary N) is 1. The third kappa shape index (κ3) is 2.75. The van der Waals surface area contributed by atoms with Gasteiger partial charge in [0, 0.05) is 31.2 Å². The molecule has 3 saturated heterocycles. The molecule has 2 unspecified atom stereocenters. The second kappa shape index (κ2) is 5.95. The molecular weight excluding hydrogens is 353 g/mol. The molecule has 2 N–H and O–H groups in total. The number of benzene rings is 1. The van der Waals surface area contributed by atoms with Crippen molar-refractivity contribution in [3.63, 3.8) is 0 Å². The maximum atomic E-state index is 15.0. The minimum absolute atomic E-state index is 0.155. The molecule has 6 rings (SSSR count). The van der Waals surface area contributed by atoms with Gasteiger partial charge in [-0.05, 0) is 37.8 Å². The van der Waals surface area contributed by atoms with Gasteiger partial charge in [0.05, 0.1) is 22.8 Å². The zero-order valence-electron chi connectivity index (χ0n) is 14.7. The second-order valence-electron chi connectivity index (χ2n) is 7.64. The number of carbonyl (C=O) groups is 1. The van der Waals surface area contributed by atoms with Crippen LogP contribution in [0.3, 0.4) is 0 Å². The van der Waals surface area contributed by atoms with E-state index in [0.717, 1.165) is 38.8 Å². The summed E-state index contributed by atoms with van der Waals surface area (Å²) in [6.07, 6.45) is 3.89. The van der Waals surface area contributed by atoms with Crippen LogP contribution in [-0.2, 0) is 0 Å². The van der Waals surface area contributed by atoms with Crippen LogP contribution in [0, 0.1) is 5.82 Å². The number of piperazine rings is 1. The van der Waals surface area contributed by atoms with Gasteiger partial charge in [0.15, 0.2) is 5.75 Å². The van der Waals surface area contributed by atoms with E-state index in [-0.39, 0.29) is 23.2 Å². The third-order valence-corrected chi connectivity index (χ3v) is 5.86. The van der Waals surface area contributed by atoms with Gasteiger partial charge in [0.2, 0.25) is 5.43 Å². The second-order valence-corrected chi connectivity index (χ2v) is 7.64. The largest absolute Gasteiger partial charge is 0.511 e. The first kappa shape index (κ1) is 16.6. The van der Waals surface area contributed by atoms with Crippen molar-refractivity contribution in [3.8, 4) is 5.75 Å². The monoisotopic (exact) mass is 373 g/mol. The van der Waals surface area contributed by atoms with Crippen molar-refractivity contribution in [1.29, 1.82) is 0 Å². The van der Waals surface area contributed by atoms with Gasteiger partial charge in [-0.25, -0.2) is 9.18 Å². The molecule has 2 atom stereocenters. The van der Waals surface area contributed by atoms with Gasteiger partial charge < -0.3 is 24.6 Å². The van der Waals surface area contributed by atoms with Crippen LogP contribution < -0.4 is 20.4 Å². The van der Waals surface area contributed by atoms with Gasteiger partial charge in [-0.1, -0.05) is 0 Å². The molecule has 0 amide bonds. The van der Waals surface area contributed by atoms with Crippen molar-refractivity contribution in [2.45, 2.75) is 43.8 Å². The first-order chi connectivity index (χ1) is 13.0. The molecule has 27 heavy (non-hydrogen) atoms. The Morgan fingerprint density at radius 3 is 2.59 bits per heavy atom. The van der Waals surface area contributed by atoms with E-state index in [1.54, 1.807) is 6.07 Å². The van der Waals surface area contributed by atoms with Crippen molar-refractivity contribution >= 4 is 22.7 Å². The van der Waals surface area contributed by atoms with Crippen LogP contribution in [0.5, 0.6) is 5.75 Å². The molecule has 1 aromatic heterocycles. The average molecular weight is 373 g/mol. The maximum Gasteiger partial charge on any atom is 0.511 e. The van der Waals surface area contributed by atoms with Crippen molar-refractivity contribution in [2.24, 2.45) is 0 Å². The van der Waals surface area contributed by atoms with Gasteiger partial charge in [0.1, 0.15) is 5.82 Å². The molecule has 142 valence electrons. The van der Waals surface area contributed by atoms with E-state index < -0.39 is 17.4 Å². The Bertz CT molecular complexity index is 993. The summed E-state index contributed by atoms with van der Waals surface area (Å²) >= 11 is 0. The molecular formula is C19H20FN3O4. The zero-order chi connectivity index (χ0) is 18.7. The van der Waals surface area contributed by atoms with Crippen LogP contribution in [0.25, 0.3) is 10.9 Å². The molecule has 1 aliphatic carbocycles. The fourth-order valence-corrected chi connectivity index (χ4v) is 4.38. The summed E-state index contributed by atoms with van der Waals surface area (Å²) in [5.41, 5.74) is 0.544. The molecule has 7 nitrogen and oxygen atoms in total. The van der Waals surface area contributed by atoms with Gasteiger partial charge in [0.25, 0.3) is 0 Å². The normalized spacial score (nSPS) is 24.4. The predicted molar refractivity (Wildman–Crippen MR) is 97.2 cm³/mol. The summed E-state index contributed by atoms with van der Waals surface area (Å²) in [4.78, 5) is 25.6. The van der Waals surface area contributed by atoms with Crippen molar-refractivity contribution < 1.29 is 19.0 Å². The molecule has 4 heterocycles. The van der Waals surface area contributed by atoms with Crippen LogP contribution in [0.2, 0.25) is 0 Å². The Morgan fingerprint density at radius 1 is 1.22 bits per heavy atom. The minimum Gasteiger partial charge on any atom is -0.449 e. The Balaban J connectivity index is 1.67. The van der Waals surface area contributed by atoms with Crippen LogP contribution in [0.15, 0.2) is 23.1 Å². The van der Waals surface area contributed by atoms with Crippen LogP contribution in [0.1, 0.15) is 31.7 Å². The summed E-state index contributed by atoms with van der Waals surface area (Å²) < 4.78 is 21.5. The van der Waals surface area contributed by atoms with Crippen molar-refractivity contribution in [2.75, 3.05) is 18.0 Å². The SMILES string of the molecule is O=C(O)Oc1cn(C2CC2)c2cc(N3CC4CCC3CN4)c(F)cc2c1=O. The number of anilines is 1. The number of piperidine rings is 2. The van der Waals surface area contributed by atoms with E-state index in [1.807, 2.05) is 4.57 Å². The van der Waals surface area contributed by atoms with E-state index in [9.17, 15) is 14.0 Å². The number of carboxylic acid groups (broad SMARTS) is 1. The topological polar surface area (TPSA) is 83.8 Å². The highest BCUT2D eigenvalue weighted by Gasteiger charge is 2.35. The third-order valence-electron chi connectivity index (χ3n) is 5.86. The average Bonchev–Trinajstić information content (AvgIpc) is 3.49. The lowest BCUT2D eigenvalue weighted by atomic mass is 9.92. The standard InChI is InChI=1S/C19H20FN3O4/c20-14-5-13-15(6-16(14)22-8-10-1-2-12(22)7-21-10)23(11-3-4-11)9-17(18(13)24)27-19(25)26/h5-6,9-12,21H,1-4,7-8H2,(H,25,26). The van der Waals surface area contributed by atoms with Gasteiger partial charge in [-0.3, -0.25) is 4.79 Å².